The van der Waals surface area contributed by atoms with Gasteiger partial charge in [0.05, 0.1) is 10.5 Å². The van der Waals surface area contributed by atoms with Gasteiger partial charge in [0.2, 0.25) is 10.0 Å². The minimum absolute atomic E-state index is 0.178. The number of piperazine rings is 1. The van der Waals surface area contributed by atoms with Crippen molar-refractivity contribution in [3.63, 3.8) is 0 Å². The van der Waals surface area contributed by atoms with Crippen LogP contribution in [0.5, 0.6) is 0 Å². The Morgan fingerprint density at radius 3 is 2.26 bits per heavy atom. The zero-order valence-corrected chi connectivity index (χ0v) is 17.5. The fourth-order valence-corrected chi connectivity index (χ4v) is 5.54. The number of sulfonamides is 1. The molecule has 1 saturated heterocycles. The second kappa shape index (κ2) is 8.10. The van der Waals surface area contributed by atoms with Gasteiger partial charge in [-0.1, -0.05) is 6.92 Å². The van der Waals surface area contributed by atoms with Crippen molar-refractivity contribution >= 4 is 33.0 Å². The van der Waals surface area contributed by atoms with Crippen LogP contribution in [0.3, 0.4) is 0 Å². The van der Waals surface area contributed by atoms with E-state index in [-0.39, 0.29) is 10.8 Å². The number of nitrogens with one attached hydrogen (secondary N) is 1. The lowest BCUT2D eigenvalue weighted by molar-refractivity contribution is 0.102. The molecule has 0 unspecified atom stereocenters. The van der Waals surface area contributed by atoms with E-state index >= 15 is 0 Å². The summed E-state index contributed by atoms with van der Waals surface area (Å²) in [7, 11) is -3.50. The smallest absolute Gasteiger partial charge is 0.256 e. The van der Waals surface area contributed by atoms with Crippen LogP contribution in [-0.4, -0.2) is 56.3 Å². The molecule has 1 aliphatic rings. The molecule has 0 saturated carbocycles. The number of nitrogens with zero attached hydrogens (tertiary/aromatic N) is 2. The molecule has 6 nitrogen and oxygen atoms in total. The minimum Gasteiger partial charge on any atom is -0.322 e. The first-order valence-corrected chi connectivity index (χ1v) is 11.3. The third kappa shape index (κ3) is 4.40. The van der Waals surface area contributed by atoms with Crippen molar-refractivity contribution < 1.29 is 13.2 Å². The third-order valence-electron chi connectivity index (χ3n) is 4.81. The van der Waals surface area contributed by atoms with Gasteiger partial charge in [0.25, 0.3) is 5.91 Å². The maximum absolute atomic E-state index is 12.8. The number of thiophene rings is 1. The summed E-state index contributed by atoms with van der Waals surface area (Å²) in [5.41, 5.74) is 1.24. The summed E-state index contributed by atoms with van der Waals surface area (Å²) in [6.07, 6.45) is 0. The summed E-state index contributed by atoms with van der Waals surface area (Å²) >= 11 is 1.58. The van der Waals surface area contributed by atoms with Crippen LogP contribution in [-0.2, 0) is 10.0 Å². The van der Waals surface area contributed by atoms with E-state index < -0.39 is 10.0 Å². The highest BCUT2D eigenvalue weighted by molar-refractivity contribution is 7.89. The van der Waals surface area contributed by atoms with Gasteiger partial charge < -0.3 is 10.2 Å². The van der Waals surface area contributed by atoms with Gasteiger partial charge in [0, 0.05) is 41.6 Å². The number of carbonyl (C=O) groups excluding carboxylic acids is 1. The zero-order valence-electron chi connectivity index (χ0n) is 15.9. The second-order valence-electron chi connectivity index (χ2n) is 6.64. The first-order valence-electron chi connectivity index (χ1n) is 9.02. The predicted octanol–water partition coefficient (Wildman–Crippen LogP) is 2.94. The SMILES string of the molecule is CCN1CCN(S(=O)(=O)c2ccc(NC(=O)c3cc(C)sc3C)cc2)CC1. The Hall–Kier alpha value is -1.74. The Kier molecular flexibility index (Phi) is 6.00. The average Bonchev–Trinajstić information content (AvgIpc) is 3.00. The highest BCUT2D eigenvalue weighted by atomic mass is 32.2. The highest BCUT2D eigenvalue weighted by Gasteiger charge is 2.27. The normalized spacial score (nSPS) is 16.4. The van der Waals surface area contributed by atoms with E-state index in [1.807, 2.05) is 19.9 Å². The summed E-state index contributed by atoms with van der Waals surface area (Å²) in [5, 5.41) is 2.84. The van der Waals surface area contributed by atoms with E-state index in [0.29, 0.717) is 24.3 Å². The number of likely N-dealkylation sites (N-methyl/N-ethyl adjacent to an activating group) is 1. The number of anilines is 1. The van der Waals surface area contributed by atoms with Crippen molar-refractivity contribution in [3.05, 3.63) is 45.6 Å². The highest BCUT2D eigenvalue weighted by Crippen LogP contribution is 2.23. The van der Waals surface area contributed by atoms with Gasteiger partial charge >= 0.3 is 0 Å². The molecule has 1 N–H and O–H groups in total. The van der Waals surface area contributed by atoms with E-state index in [1.165, 1.54) is 4.31 Å². The Bertz CT molecular complexity index is 912. The Balaban J connectivity index is 1.69. The summed E-state index contributed by atoms with van der Waals surface area (Å²) in [6, 6.07) is 8.26. The molecule has 1 aromatic heterocycles. The van der Waals surface area contributed by atoms with E-state index in [1.54, 1.807) is 35.6 Å². The fourth-order valence-electron chi connectivity index (χ4n) is 3.20. The van der Waals surface area contributed by atoms with Gasteiger partial charge in [-0.15, -0.1) is 11.3 Å². The third-order valence-corrected chi connectivity index (χ3v) is 7.69. The lowest BCUT2D eigenvalue weighted by Crippen LogP contribution is -2.48. The summed E-state index contributed by atoms with van der Waals surface area (Å²) in [4.78, 5) is 16.9. The number of benzene rings is 1. The number of hydrogen-bond acceptors (Lipinski definition) is 5. The molecule has 1 fully saturated rings. The van der Waals surface area contributed by atoms with Gasteiger partial charge in [-0.05, 0) is 50.7 Å². The molecule has 2 aromatic rings. The molecule has 2 heterocycles. The molecule has 0 spiro atoms. The van der Waals surface area contributed by atoms with Crippen molar-refractivity contribution in [1.82, 2.24) is 9.21 Å². The molecular weight excluding hydrogens is 382 g/mol. The molecule has 3 rings (SSSR count). The van der Waals surface area contributed by atoms with Crippen LogP contribution >= 0.6 is 11.3 Å². The first kappa shape index (κ1) is 20.0. The molecule has 1 aliphatic heterocycles. The molecule has 1 aromatic carbocycles. The van der Waals surface area contributed by atoms with Gasteiger partial charge in [0.1, 0.15) is 0 Å². The van der Waals surface area contributed by atoms with Crippen LogP contribution in [0.15, 0.2) is 35.2 Å². The second-order valence-corrected chi connectivity index (χ2v) is 10.0. The van der Waals surface area contributed by atoms with Crippen LogP contribution in [0.25, 0.3) is 0 Å². The number of amides is 1. The number of hydrogen-bond donors (Lipinski definition) is 1. The number of carbonyl (C=O) groups is 1. The summed E-state index contributed by atoms with van der Waals surface area (Å²) < 4.78 is 27.1. The lowest BCUT2D eigenvalue weighted by atomic mass is 10.2. The van der Waals surface area contributed by atoms with E-state index in [9.17, 15) is 13.2 Å². The molecule has 8 heteroatoms. The van der Waals surface area contributed by atoms with Gasteiger partial charge in [-0.3, -0.25) is 4.79 Å². The molecule has 1 amide bonds. The number of rotatable bonds is 5. The molecule has 27 heavy (non-hydrogen) atoms. The molecule has 0 radical (unpaired) electrons. The Morgan fingerprint density at radius 2 is 1.74 bits per heavy atom. The standard InChI is InChI=1S/C19H25N3O3S2/c1-4-21-9-11-22(12-10-21)27(24,25)17-7-5-16(6-8-17)20-19(23)18-13-14(2)26-15(18)3/h5-8,13H,4,9-12H2,1-3H3,(H,20,23). The van der Waals surface area contributed by atoms with E-state index in [0.717, 1.165) is 29.4 Å². The van der Waals surface area contributed by atoms with Crippen LogP contribution < -0.4 is 5.32 Å². The van der Waals surface area contributed by atoms with Crippen LogP contribution in [0.4, 0.5) is 5.69 Å². The largest absolute Gasteiger partial charge is 0.322 e. The van der Waals surface area contributed by atoms with E-state index in [4.69, 9.17) is 0 Å². The predicted molar refractivity (Wildman–Crippen MR) is 109 cm³/mol. The molecule has 0 aliphatic carbocycles. The van der Waals surface area contributed by atoms with E-state index in [2.05, 4.69) is 17.1 Å². The minimum atomic E-state index is -3.50. The topological polar surface area (TPSA) is 69.7 Å². The van der Waals surface area contributed by atoms with Crippen LogP contribution in [0, 0.1) is 13.8 Å². The van der Waals surface area contributed by atoms with Crippen LogP contribution in [0.2, 0.25) is 0 Å². The van der Waals surface area contributed by atoms with Crippen molar-refractivity contribution in [2.45, 2.75) is 25.7 Å². The fraction of sp³-hybridized carbons (Fsp3) is 0.421. The molecule has 0 bridgehead atoms. The Morgan fingerprint density at radius 1 is 1.11 bits per heavy atom. The quantitative estimate of drug-likeness (QED) is 0.827. The van der Waals surface area contributed by atoms with Crippen molar-refractivity contribution in [2.75, 3.05) is 38.0 Å². The molecule has 0 atom stereocenters. The van der Waals surface area contributed by atoms with Crippen LogP contribution in [0.1, 0.15) is 27.0 Å². The molecule has 146 valence electrons. The number of aryl methyl sites for hydroxylation is 2. The van der Waals surface area contributed by atoms with Gasteiger partial charge in [-0.25, -0.2) is 8.42 Å². The van der Waals surface area contributed by atoms with Gasteiger partial charge in [-0.2, -0.15) is 4.31 Å². The van der Waals surface area contributed by atoms with Crippen molar-refractivity contribution in [1.29, 1.82) is 0 Å². The zero-order chi connectivity index (χ0) is 19.6. The summed E-state index contributed by atoms with van der Waals surface area (Å²) in [5.74, 6) is -0.178. The maximum atomic E-state index is 12.8. The first-order chi connectivity index (χ1) is 12.8. The maximum Gasteiger partial charge on any atom is 0.256 e. The monoisotopic (exact) mass is 407 g/mol. The lowest BCUT2D eigenvalue weighted by Gasteiger charge is -2.33. The Labute approximate surface area is 164 Å². The average molecular weight is 408 g/mol. The van der Waals surface area contributed by atoms with Crippen molar-refractivity contribution in [3.8, 4) is 0 Å². The molecular formula is C19H25N3O3S2. The van der Waals surface area contributed by atoms with Gasteiger partial charge in [0.15, 0.2) is 0 Å². The summed E-state index contributed by atoms with van der Waals surface area (Å²) in [6.45, 7) is 9.42. The van der Waals surface area contributed by atoms with Crippen molar-refractivity contribution in [2.24, 2.45) is 0 Å².